The van der Waals surface area contributed by atoms with E-state index in [-0.39, 0.29) is 24.6 Å². The molecule has 1 aliphatic rings. The highest BCUT2D eigenvalue weighted by atomic mass is 32.1. The van der Waals surface area contributed by atoms with Crippen molar-refractivity contribution < 1.29 is 9.53 Å². The lowest BCUT2D eigenvalue weighted by atomic mass is 10.2. The third kappa shape index (κ3) is 2.85. The largest absolute Gasteiger partial charge is 0.457 e. The molecule has 0 unspecified atom stereocenters. The van der Waals surface area contributed by atoms with Crippen LogP contribution in [-0.2, 0) is 35.4 Å². The number of esters is 1. The van der Waals surface area contributed by atoms with Crippen LogP contribution < -0.4 is 5.56 Å². The molecular formula is C18H16N2O3S. The van der Waals surface area contributed by atoms with E-state index >= 15 is 0 Å². The summed E-state index contributed by atoms with van der Waals surface area (Å²) in [6, 6.07) is 9.41. The number of benzene rings is 1. The molecule has 4 rings (SSSR count). The second-order valence-corrected chi connectivity index (χ2v) is 6.96. The fraction of sp³-hybridized carbons (Fsp3) is 0.278. The summed E-state index contributed by atoms with van der Waals surface area (Å²) in [6.07, 6.45) is 3.29. The summed E-state index contributed by atoms with van der Waals surface area (Å²) in [5, 5.41) is 0.715. The predicted molar refractivity (Wildman–Crippen MR) is 92.2 cm³/mol. The van der Waals surface area contributed by atoms with Crippen molar-refractivity contribution in [2.75, 3.05) is 0 Å². The number of aromatic amines is 1. The first-order chi connectivity index (χ1) is 11.7. The van der Waals surface area contributed by atoms with Crippen LogP contribution in [0.1, 0.15) is 28.2 Å². The molecular weight excluding hydrogens is 324 g/mol. The summed E-state index contributed by atoms with van der Waals surface area (Å²) in [4.78, 5) is 33.5. The Labute approximate surface area is 142 Å². The van der Waals surface area contributed by atoms with Gasteiger partial charge in [-0.3, -0.25) is 9.59 Å². The van der Waals surface area contributed by atoms with Gasteiger partial charge < -0.3 is 9.72 Å². The van der Waals surface area contributed by atoms with Gasteiger partial charge >= 0.3 is 5.97 Å². The molecule has 0 saturated heterocycles. The Morgan fingerprint density at radius 1 is 1.25 bits per heavy atom. The molecule has 1 N–H and O–H groups in total. The number of aromatic nitrogens is 2. The number of nitrogens with zero attached hydrogens (tertiary/aromatic N) is 1. The molecule has 122 valence electrons. The second kappa shape index (κ2) is 6.20. The first kappa shape index (κ1) is 15.1. The van der Waals surface area contributed by atoms with Crippen molar-refractivity contribution in [3.05, 3.63) is 62.5 Å². The van der Waals surface area contributed by atoms with Crippen LogP contribution in [0.4, 0.5) is 0 Å². The van der Waals surface area contributed by atoms with E-state index < -0.39 is 0 Å². The van der Waals surface area contributed by atoms with Crippen LogP contribution in [0.15, 0.2) is 35.1 Å². The van der Waals surface area contributed by atoms with E-state index in [1.54, 1.807) is 11.3 Å². The number of rotatable bonds is 4. The minimum Gasteiger partial charge on any atom is -0.457 e. The Hall–Kier alpha value is -2.47. The average Bonchev–Trinajstić information content (AvgIpc) is 3.14. The molecule has 6 heteroatoms. The molecule has 0 amide bonds. The number of nitrogens with one attached hydrogen (secondary N) is 1. The summed E-state index contributed by atoms with van der Waals surface area (Å²) in [5.41, 5.74) is 1.92. The zero-order chi connectivity index (χ0) is 16.5. The Balaban J connectivity index is 1.49. The summed E-state index contributed by atoms with van der Waals surface area (Å²) < 4.78 is 5.25. The van der Waals surface area contributed by atoms with Gasteiger partial charge in [0.25, 0.3) is 5.56 Å². The number of ether oxygens (including phenoxy) is 1. The van der Waals surface area contributed by atoms with E-state index in [0.29, 0.717) is 11.2 Å². The first-order valence-corrected chi connectivity index (χ1v) is 8.75. The summed E-state index contributed by atoms with van der Waals surface area (Å²) in [5.74, 6) is 0.0615. The Kier molecular flexibility index (Phi) is 3.90. The topological polar surface area (TPSA) is 72.0 Å². The van der Waals surface area contributed by atoms with E-state index in [9.17, 15) is 9.59 Å². The standard InChI is InChI=1S/C18H16N2O3S/c21-15(9-11-5-2-1-3-6-11)23-10-14-19-17(22)16-12-7-4-8-13(12)24-18(16)20-14/h1-3,5-6H,4,7-10H2,(H,19,20,22). The minimum absolute atomic E-state index is 0.0145. The third-order valence-electron chi connectivity index (χ3n) is 4.19. The molecule has 0 spiro atoms. The normalized spacial score (nSPS) is 13.2. The van der Waals surface area contributed by atoms with Crippen molar-refractivity contribution in [3.8, 4) is 0 Å². The zero-order valence-corrected chi connectivity index (χ0v) is 13.8. The van der Waals surface area contributed by atoms with Crippen molar-refractivity contribution >= 4 is 27.5 Å². The Morgan fingerprint density at radius 3 is 2.92 bits per heavy atom. The maximum atomic E-state index is 12.3. The molecule has 0 bridgehead atoms. The molecule has 2 aromatic heterocycles. The van der Waals surface area contributed by atoms with E-state index in [0.717, 1.165) is 35.2 Å². The number of fused-ring (bicyclic) bond motifs is 3. The number of aryl methyl sites for hydroxylation is 2. The van der Waals surface area contributed by atoms with E-state index in [1.807, 2.05) is 30.3 Å². The third-order valence-corrected chi connectivity index (χ3v) is 5.37. The monoisotopic (exact) mass is 340 g/mol. The smallest absolute Gasteiger partial charge is 0.310 e. The van der Waals surface area contributed by atoms with E-state index in [2.05, 4.69) is 9.97 Å². The highest BCUT2D eigenvalue weighted by molar-refractivity contribution is 7.18. The fourth-order valence-corrected chi connectivity index (χ4v) is 4.36. The van der Waals surface area contributed by atoms with Crippen molar-refractivity contribution in [3.63, 3.8) is 0 Å². The van der Waals surface area contributed by atoms with E-state index in [4.69, 9.17) is 4.74 Å². The number of thiophene rings is 1. The van der Waals surface area contributed by atoms with Gasteiger partial charge in [0.15, 0.2) is 0 Å². The van der Waals surface area contributed by atoms with Crippen molar-refractivity contribution in [1.82, 2.24) is 9.97 Å². The minimum atomic E-state index is -0.336. The lowest BCUT2D eigenvalue weighted by molar-refractivity contribution is -0.144. The number of carbonyl (C=O) groups excluding carboxylic acids is 1. The molecule has 0 fully saturated rings. The van der Waals surface area contributed by atoms with Gasteiger partial charge in [-0.1, -0.05) is 30.3 Å². The Morgan fingerprint density at radius 2 is 2.08 bits per heavy atom. The average molecular weight is 340 g/mol. The molecule has 1 aliphatic carbocycles. The first-order valence-electron chi connectivity index (χ1n) is 7.93. The van der Waals surface area contributed by atoms with Crippen LogP contribution in [0.5, 0.6) is 0 Å². The highest BCUT2D eigenvalue weighted by Gasteiger charge is 2.21. The van der Waals surface area contributed by atoms with Gasteiger partial charge in [-0.25, -0.2) is 4.98 Å². The SMILES string of the molecule is O=C(Cc1ccccc1)OCc1nc2sc3c(c2c(=O)[nH]1)CCC3. The summed E-state index contributed by atoms with van der Waals surface area (Å²) in [6.45, 7) is -0.0145. The van der Waals surface area contributed by atoms with Gasteiger partial charge in [0.1, 0.15) is 17.3 Å². The fourth-order valence-electron chi connectivity index (χ4n) is 3.08. The molecule has 0 aliphatic heterocycles. The van der Waals surface area contributed by atoms with Gasteiger partial charge in [-0.05, 0) is 30.4 Å². The lowest BCUT2D eigenvalue weighted by Crippen LogP contribution is -2.15. The van der Waals surface area contributed by atoms with Crippen molar-refractivity contribution in [2.45, 2.75) is 32.3 Å². The lowest BCUT2D eigenvalue weighted by Gasteiger charge is -2.05. The number of carbonyl (C=O) groups is 1. The molecule has 0 radical (unpaired) electrons. The molecule has 2 heterocycles. The summed E-state index contributed by atoms with van der Waals surface area (Å²) >= 11 is 1.58. The molecule has 24 heavy (non-hydrogen) atoms. The predicted octanol–water partition coefficient (Wildman–Crippen LogP) is 2.76. The van der Waals surface area contributed by atoms with Gasteiger partial charge in [-0.2, -0.15) is 0 Å². The van der Waals surface area contributed by atoms with Crippen LogP contribution in [0.3, 0.4) is 0 Å². The van der Waals surface area contributed by atoms with Crippen LogP contribution in [0, 0.1) is 0 Å². The molecule has 3 aromatic rings. The number of hydrogen-bond acceptors (Lipinski definition) is 5. The van der Waals surface area contributed by atoms with Gasteiger partial charge in [-0.15, -0.1) is 11.3 Å². The van der Waals surface area contributed by atoms with E-state index in [1.165, 1.54) is 4.88 Å². The number of H-pyrrole nitrogens is 1. The molecule has 0 saturated carbocycles. The van der Waals surface area contributed by atoms with Gasteiger partial charge in [0, 0.05) is 4.88 Å². The van der Waals surface area contributed by atoms with Crippen LogP contribution in [0.2, 0.25) is 0 Å². The maximum Gasteiger partial charge on any atom is 0.310 e. The number of hydrogen-bond donors (Lipinski definition) is 1. The second-order valence-electron chi connectivity index (χ2n) is 5.87. The van der Waals surface area contributed by atoms with Crippen molar-refractivity contribution in [1.29, 1.82) is 0 Å². The maximum absolute atomic E-state index is 12.3. The van der Waals surface area contributed by atoms with Crippen LogP contribution in [0.25, 0.3) is 10.2 Å². The van der Waals surface area contributed by atoms with Gasteiger partial charge in [0.2, 0.25) is 0 Å². The summed E-state index contributed by atoms with van der Waals surface area (Å²) in [7, 11) is 0. The van der Waals surface area contributed by atoms with Crippen LogP contribution >= 0.6 is 11.3 Å². The van der Waals surface area contributed by atoms with Gasteiger partial charge in [0.05, 0.1) is 11.8 Å². The van der Waals surface area contributed by atoms with Crippen LogP contribution in [-0.4, -0.2) is 15.9 Å². The molecule has 5 nitrogen and oxygen atoms in total. The quantitative estimate of drug-likeness (QED) is 0.741. The molecule has 0 atom stereocenters. The molecule has 1 aromatic carbocycles. The highest BCUT2D eigenvalue weighted by Crippen LogP contribution is 2.34. The Bertz CT molecular complexity index is 960. The van der Waals surface area contributed by atoms with Crippen molar-refractivity contribution in [2.24, 2.45) is 0 Å². The zero-order valence-electron chi connectivity index (χ0n) is 13.0.